The number of phenols is 2. The van der Waals surface area contributed by atoms with E-state index in [2.05, 4.69) is 5.32 Å². The molecular weight excluding hydrogens is 218 g/mol. The molecule has 1 aliphatic carbocycles. The minimum Gasteiger partial charge on any atom is -0.504 e. The van der Waals surface area contributed by atoms with Crippen molar-refractivity contribution in [2.45, 2.75) is 19.4 Å². The quantitative estimate of drug-likeness (QED) is 0.498. The smallest absolute Gasteiger partial charge is 0.161 e. The van der Waals surface area contributed by atoms with Gasteiger partial charge in [-0.3, -0.25) is 0 Å². The minimum absolute atomic E-state index is 0.0427. The zero-order valence-electron chi connectivity index (χ0n) is 9.85. The standard InChI is InChI=1S/C13H19NO3/c15-12-3-1-2-11(13(12)16)8-14-6-7-17-9-10-4-5-10/h1-3,10,14-16H,4-9H2. The zero-order chi connectivity index (χ0) is 12.1. The predicted molar refractivity (Wildman–Crippen MR) is 65.0 cm³/mol. The lowest BCUT2D eigenvalue weighted by molar-refractivity contribution is 0.126. The van der Waals surface area contributed by atoms with Crippen molar-refractivity contribution < 1.29 is 14.9 Å². The monoisotopic (exact) mass is 237 g/mol. The summed E-state index contributed by atoms with van der Waals surface area (Å²) in [5.74, 6) is 0.679. The third-order valence-corrected chi connectivity index (χ3v) is 2.89. The van der Waals surface area contributed by atoms with Gasteiger partial charge in [0.2, 0.25) is 0 Å². The number of ether oxygens (including phenoxy) is 1. The SMILES string of the molecule is Oc1cccc(CNCCOCC2CC2)c1O. The van der Waals surface area contributed by atoms with Crippen LogP contribution in [0.5, 0.6) is 11.5 Å². The van der Waals surface area contributed by atoms with Crippen LogP contribution in [-0.2, 0) is 11.3 Å². The first-order valence-corrected chi connectivity index (χ1v) is 6.05. The lowest BCUT2D eigenvalue weighted by atomic mass is 10.2. The van der Waals surface area contributed by atoms with E-state index >= 15 is 0 Å². The van der Waals surface area contributed by atoms with E-state index in [1.165, 1.54) is 18.9 Å². The third-order valence-electron chi connectivity index (χ3n) is 2.89. The Morgan fingerprint density at radius 3 is 2.88 bits per heavy atom. The van der Waals surface area contributed by atoms with E-state index in [-0.39, 0.29) is 11.5 Å². The fourth-order valence-corrected chi connectivity index (χ4v) is 1.62. The lowest BCUT2D eigenvalue weighted by Gasteiger charge is -2.08. The van der Waals surface area contributed by atoms with Crippen LogP contribution in [0.3, 0.4) is 0 Å². The van der Waals surface area contributed by atoms with Gasteiger partial charge in [0, 0.05) is 25.3 Å². The van der Waals surface area contributed by atoms with Gasteiger partial charge >= 0.3 is 0 Å². The van der Waals surface area contributed by atoms with Gasteiger partial charge in [0.05, 0.1) is 6.61 Å². The van der Waals surface area contributed by atoms with Crippen molar-refractivity contribution in [1.29, 1.82) is 0 Å². The number of nitrogens with one attached hydrogen (secondary N) is 1. The van der Waals surface area contributed by atoms with E-state index in [1.54, 1.807) is 12.1 Å². The molecule has 1 aliphatic rings. The van der Waals surface area contributed by atoms with Gasteiger partial charge in [-0.05, 0) is 24.8 Å². The molecule has 0 heterocycles. The van der Waals surface area contributed by atoms with E-state index < -0.39 is 0 Å². The molecule has 1 aromatic carbocycles. The van der Waals surface area contributed by atoms with Gasteiger partial charge in [0.25, 0.3) is 0 Å². The Kier molecular flexibility index (Phi) is 4.23. The highest BCUT2D eigenvalue weighted by Gasteiger charge is 2.20. The normalized spacial score (nSPS) is 15.1. The van der Waals surface area contributed by atoms with Crippen LogP contribution in [0.2, 0.25) is 0 Å². The average molecular weight is 237 g/mol. The topological polar surface area (TPSA) is 61.7 Å². The molecule has 4 heteroatoms. The van der Waals surface area contributed by atoms with Crippen molar-refractivity contribution in [3.05, 3.63) is 23.8 Å². The number of rotatable bonds is 7. The summed E-state index contributed by atoms with van der Waals surface area (Å²) in [5, 5.41) is 22.0. The first-order chi connectivity index (χ1) is 8.27. The second-order valence-electron chi connectivity index (χ2n) is 4.48. The summed E-state index contributed by atoms with van der Waals surface area (Å²) in [7, 11) is 0. The summed E-state index contributed by atoms with van der Waals surface area (Å²) in [6.45, 7) is 2.85. The number of hydrogen-bond acceptors (Lipinski definition) is 4. The zero-order valence-corrected chi connectivity index (χ0v) is 9.85. The Morgan fingerprint density at radius 2 is 2.12 bits per heavy atom. The van der Waals surface area contributed by atoms with E-state index in [1.807, 2.05) is 0 Å². The number of para-hydroxylation sites is 1. The average Bonchev–Trinajstić information content (AvgIpc) is 3.12. The molecule has 1 aromatic rings. The molecule has 1 fully saturated rings. The molecule has 0 spiro atoms. The molecule has 0 atom stereocenters. The lowest BCUT2D eigenvalue weighted by Crippen LogP contribution is -2.19. The Balaban J connectivity index is 1.61. The summed E-state index contributed by atoms with van der Waals surface area (Å²) in [5.41, 5.74) is 0.701. The maximum absolute atomic E-state index is 9.56. The Hall–Kier alpha value is -1.26. The minimum atomic E-state index is -0.0747. The van der Waals surface area contributed by atoms with Crippen molar-refractivity contribution in [3.63, 3.8) is 0 Å². The molecule has 0 amide bonds. The highest BCUT2D eigenvalue weighted by atomic mass is 16.5. The first kappa shape index (κ1) is 12.2. The second kappa shape index (κ2) is 5.89. The van der Waals surface area contributed by atoms with Crippen molar-refractivity contribution in [2.75, 3.05) is 19.8 Å². The number of hydrogen-bond donors (Lipinski definition) is 3. The van der Waals surface area contributed by atoms with Gasteiger partial charge in [-0.15, -0.1) is 0 Å². The first-order valence-electron chi connectivity index (χ1n) is 6.05. The van der Waals surface area contributed by atoms with Gasteiger partial charge in [0.1, 0.15) is 0 Å². The number of aromatic hydroxyl groups is 2. The van der Waals surface area contributed by atoms with Gasteiger partial charge in [0.15, 0.2) is 11.5 Å². The van der Waals surface area contributed by atoms with Crippen molar-refractivity contribution in [3.8, 4) is 11.5 Å². The molecule has 0 saturated heterocycles. The van der Waals surface area contributed by atoms with Crippen LogP contribution < -0.4 is 5.32 Å². The number of phenolic OH excluding ortho intramolecular Hbond substituents is 2. The predicted octanol–water partition coefficient (Wildman–Crippen LogP) is 1.61. The Morgan fingerprint density at radius 1 is 1.29 bits per heavy atom. The van der Waals surface area contributed by atoms with Crippen LogP contribution in [0.1, 0.15) is 18.4 Å². The van der Waals surface area contributed by atoms with Crippen molar-refractivity contribution >= 4 is 0 Å². The van der Waals surface area contributed by atoms with Gasteiger partial charge in [-0.1, -0.05) is 12.1 Å². The summed E-state index contributed by atoms with van der Waals surface area (Å²) < 4.78 is 5.48. The van der Waals surface area contributed by atoms with E-state index in [9.17, 15) is 10.2 Å². The molecule has 3 N–H and O–H groups in total. The van der Waals surface area contributed by atoms with E-state index in [4.69, 9.17) is 4.74 Å². The van der Waals surface area contributed by atoms with Crippen LogP contribution >= 0.6 is 0 Å². The highest BCUT2D eigenvalue weighted by molar-refractivity contribution is 5.44. The molecule has 0 aliphatic heterocycles. The van der Waals surface area contributed by atoms with Crippen LogP contribution in [0.4, 0.5) is 0 Å². The molecule has 94 valence electrons. The third kappa shape index (κ3) is 3.91. The fraction of sp³-hybridized carbons (Fsp3) is 0.538. The number of benzene rings is 1. The van der Waals surface area contributed by atoms with E-state index in [0.29, 0.717) is 18.7 Å². The molecule has 17 heavy (non-hydrogen) atoms. The Bertz CT molecular complexity index is 364. The van der Waals surface area contributed by atoms with Crippen LogP contribution in [0.25, 0.3) is 0 Å². The molecule has 0 bridgehead atoms. The molecule has 2 rings (SSSR count). The molecule has 0 radical (unpaired) electrons. The van der Waals surface area contributed by atoms with Crippen LogP contribution in [-0.4, -0.2) is 30.0 Å². The van der Waals surface area contributed by atoms with Crippen LogP contribution in [0, 0.1) is 5.92 Å². The van der Waals surface area contributed by atoms with Gasteiger partial charge in [-0.2, -0.15) is 0 Å². The highest BCUT2D eigenvalue weighted by Crippen LogP contribution is 2.29. The van der Waals surface area contributed by atoms with Crippen molar-refractivity contribution in [1.82, 2.24) is 5.32 Å². The van der Waals surface area contributed by atoms with Crippen molar-refractivity contribution in [2.24, 2.45) is 5.92 Å². The molecular formula is C13H19NO3. The van der Waals surface area contributed by atoms with E-state index in [0.717, 1.165) is 19.1 Å². The molecule has 4 nitrogen and oxygen atoms in total. The maximum atomic E-state index is 9.56. The Labute approximate surface area is 101 Å². The second-order valence-corrected chi connectivity index (χ2v) is 4.48. The summed E-state index contributed by atoms with van der Waals surface area (Å²) >= 11 is 0. The molecule has 0 unspecified atom stereocenters. The summed E-state index contributed by atoms with van der Waals surface area (Å²) in [4.78, 5) is 0. The van der Waals surface area contributed by atoms with Gasteiger partial charge < -0.3 is 20.3 Å². The summed E-state index contributed by atoms with van der Waals surface area (Å²) in [6, 6.07) is 4.97. The molecule has 0 aromatic heterocycles. The van der Waals surface area contributed by atoms with Gasteiger partial charge in [-0.25, -0.2) is 0 Å². The largest absolute Gasteiger partial charge is 0.504 e. The maximum Gasteiger partial charge on any atom is 0.161 e. The van der Waals surface area contributed by atoms with Crippen LogP contribution in [0.15, 0.2) is 18.2 Å². The fourth-order valence-electron chi connectivity index (χ4n) is 1.62. The molecule has 1 saturated carbocycles. The summed E-state index contributed by atoms with van der Waals surface area (Å²) in [6.07, 6.45) is 2.62.